The van der Waals surface area contributed by atoms with Crippen molar-refractivity contribution in [3.8, 4) is 11.4 Å². The molecule has 8 N–H and O–H groups in total. The molecule has 0 radical (unpaired) electrons. The first kappa shape index (κ1) is 23.5. The molecule has 0 amide bonds. The Bertz CT molecular complexity index is 1100. The van der Waals surface area contributed by atoms with E-state index in [4.69, 9.17) is 16.6 Å². The molecular weight excluding hydrogens is 446 g/mol. The van der Waals surface area contributed by atoms with Gasteiger partial charge in [-0.15, -0.1) is 5.10 Å². The number of aromatic amines is 1. The number of anilines is 1. The molecule has 1 aliphatic rings. The Labute approximate surface area is 180 Å². The fraction of sp³-hybridized carbons (Fsp3) is 0.562. The number of tetrazole rings is 1. The minimum atomic E-state index is -4.49. The maximum atomic E-state index is 12.9. The third-order valence-corrected chi connectivity index (χ3v) is 7.75. The Hall–Kier alpha value is -2.17. The van der Waals surface area contributed by atoms with Gasteiger partial charge < -0.3 is 16.4 Å². The molecule has 0 aliphatic carbocycles. The van der Waals surface area contributed by atoms with E-state index in [2.05, 4.69) is 25.3 Å². The lowest BCUT2D eigenvalue weighted by molar-refractivity contribution is 0.423. The van der Waals surface area contributed by atoms with Crippen LogP contribution in [-0.2, 0) is 20.0 Å². The Kier molecular flexibility index (Phi) is 7.23. The molecule has 0 saturated carbocycles. The summed E-state index contributed by atoms with van der Waals surface area (Å²) in [6.07, 6.45) is 2.18. The molecule has 15 heteroatoms. The molecule has 31 heavy (non-hydrogen) atoms. The van der Waals surface area contributed by atoms with Crippen LogP contribution in [0.4, 0.5) is 5.69 Å². The monoisotopic (exact) mass is 473 g/mol. The Morgan fingerprint density at radius 3 is 2.61 bits per heavy atom. The van der Waals surface area contributed by atoms with Crippen molar-refractivity contribution in [2.45, 2.75) is 29.1 Å². The van der Waals surface area contributed by atoms with E-state index in [1.165, 1.54) is 6.07 Å². The Morgan fingerprint density at radius 1 is 1.23 bits per heavy atom. The highest BCUT2D eigenvalue weighted by Crippen LogP contribution is 2.39. The average molecular weight is 474 g/mol. The molecule has 1 aliphatic heterocycles. The van der Waals surface area contributed by atoms with Crippen LogP contribution in [0.15, 0.2) is 21.9 Å². The van der Waals surface area contributed by atoms with Crippen molar-refractivity contribution in [1.29, 1.82) is 0 Å². The number of sulfonamides is 2. The van der Waals surface area contributed by atoms with Gasteiger partial charge in [0.25, 0.3) is 0 Å². The standard InChI is InChI=1S/C16H27N9O4S2/c17-6-2-7-20-31(28,29)13-5-4-12(25-8-1-3-11(9-18)10-25)14(15(13)30(19,26)27)16-21-23-24-22-16/h4-5,11,20H,1-3,6-10,17-18H2,(H2,19,26,27)(H,21,22,23,24)/t11-/m0/s1. The maximum absolute atomic E-state index is 12.9. The van der Waals surface area contributed by atoms with Gasteiger partial charge in [0.15, 0.2) is 5.82 Å². The summed E-state index contributed by atoms with van der Waals surface area (Å²) in [6.45, 7) is 2.02. The smallest absolute Gasteiger partial charge is 0.241 e. The highest BCUT2D eigenvalue weighted by Gasteiger charge is 2.33. The van der Waals surface area contributed by atoms with E-state index in [9.17, 15) is 16.8 Å². The minimum absolute atomic E-state index is 0.00636. The van der Waals surface area contributed by atoms with Gasteiger partial charge in [-0.2, -0.15) is 0 Å². The molecule has 3 rings (SSSR count). The zero-order valence-electron chi connectivity index (χ0n) is 16.9. The number of benzene rings is 1. The molecule has 2 heterocycles. The van der Waals surface area contributed by atoms with Gasteiger partial charge in [-0.3, -0.25) is 0 Å². The molecule has 1 atom stereocenters. The predicted molar refractivity (Wildman–Crippen MR) is 114 cm³/mol. The van der Waals surface area contributed by atoms with E-state index in [1.54, 1.807) is 6.07 Å². The summed E-state index contributed by atoms with van der Waals surface area (Å²) in [5.74, 6) is 0.210. The maximum Gasteiger partial charge on any atom is 0.241 e. The van der Waals surface area contributed by atoms with E-state index in [-0.39, 0.29) is 30.4 Å². The first-order valence-electron chi connectivity index (χ1n) is 9.77. The van der Waals surface area contributed by atoms with Crippen molar-refractivity contribution in [1.82, 2.24) is 25.3 Å². The number of rotatable bonds is 9. The molecule has 13 nitrogen and oxygen atoms in total. The summed E-state index contributed by atoms with van der Waals surface area (Å²) in [5, 5.41) is 18.9. The van der Waals surface area contributed by atoms with Crippen molar-refractivity contribution in [2.24, 2.45) is 22.5 Å². The van der Waals surface area contributed by atoms with E-state index < -0.39 is 29.8 Å². The SMILES string of the molecule is NCCCNS(=O)(=O)c1ccc(N2CCC[C@@H](CN)C2)c(-c2nnn[nH]2)c1S(N)(=O)=O. The molecular formula is C16H27N9O4S2. The van der Waals surface area contributed by atoms with E-state index in [1.807, 2.05) is 4.90 Å². The third kappa shape index (κ3) is 5.19. The first-order chi connectivity index (χ1) is 14.7. The van der Waals surface area contributed by atoms with E-state index in [0.29, 0.717) is 31.7 Å². The van der Waals surface area contributed by atoms with Gasteiger partial charge >= 0.3 is 0 Å². The lowest BCUT2D eigenvalue weighted by Gasteiger charge is -2.35. The highest BCUT2D eigenvalue weighted by molar-refractivity contribution is 7.92. The second-order valence-electron chi connectivity index (χ2n) is 7.31. The molecule has 1 aromatic heterocycles. The molecule has 0 unspecified atom stereocenters. The Morgan fingerprint density at radius 2 is 2.00 bits per heavy atom. The molecule has 0 bridgehead atoms. The van der Waals surface area contributed by atoms with Crippen LogP contribution in [0.5, 0.6) is 0 Å². The molecule has 0 spiro atoms. The van der Waals surface area contributed by atoms with Crippen LogP contribution in [0.25, 0.3) is 11.4 Å². The zero-order valence-corrected chi connectivity index (χ0v) is 18.5. The average Bonchev–Trinajstić information content (AvgIpc) is 3.27. The number of hydrogen-bond acceptors (Lipinski definition) is 10. The number of nitrogens with zero attached hydrogens (tertiary/aromatic N) is 4. The summed E-state index contributed by atoms with van der Waals surface area (Å²) in [7, 11) is -8.70. The largest absolute Gasteiger partial charge is 0.371 e. The molecule has 2 aromatic rings. The summed E-state index contributed by atoms with van der Waals surface area (Å²) in [4.78, 5) is 0.902. The van der Waals surface area contributed by atoms with Gasteiger partial charge in [0.1, 0.15) is 9.79 Å². The van der Waals surface area contributed by atoms with Crippen molar-refractivity contribution >= 4 is 25.7 Å². The summed E-state index contributed by atoms with van der Waals surface area (Å²) in [6, 6.07) is 2.78. The number of H-pyrrole nitrogens is 1. The van der Waals surface area contributed by atoms with Gasteiger partial charge in [0.05, 0.1) is 5.56 Å². The van der Waals surface area contributed by atoms with Crippen molar-refractivity contribution in [3.05, 3.63) is 12.1 Å². The summed E-state index contributed by atoms with van der Waals surface area (Å²) in [5.41, 5.74) is 11.7. The van der Waals surface area contributed by atoms with Gasteiger partial charge in [-0.1, -0.05) is 0 Å². The number of nitrogens with two attached hydrogens (primary N) is 3. The van der Waals surface area contributed by atoms with Crippen molar-refractivity contribution in [3.63, 3.8) is 0 Å². The van der Waals surface area contributed by atoms with Gasteiger partial charge in [-0.05, 0) is 60.8 Å². The zero-order chi connectivity index (χ0) is 22.6. The van der Waals surface area contributed by atoms with Crippen molar-refractivity contribution in [2.75, 3.05) is 37.6 Å². The fourth-order valence-electron chi connectivity index (χ4n) is 3.67. The molecule has 172 valence electrons. The minimum Gasteiger partial charge on any atom is -0.371 e. The number of aromatic nitrogens is 4. The van der Waals surface area contributed by atoms with Crippen LogP contribution in [0, 0.1) is 5.92 Å². The van der Waals surface area contributed by atoms with Crippen LogP contribution >= 0.6 is 0 Å². The molecule has 1 saturated heterocycles. The molecule has 1 fully saturated rings. The second kappa shape index (κ2) is 9.54. The highest BCUT2D eigenvalue weighted by atomic mass is 32.2. The normalized spacial score (nSPS) is 17.8. The first-order valence-corrected chi connectivity index (χ1v) is 12.8. The van der Waals surface area contributed by atoms with Crippen LogP contribution in [0.1, 0.15) is 19.3 Å². The van der Waals surface area contributed by atoms with E-state index >= 15 is 0 Å². The van der Waals surface area contributed by atoms with Crippen LogP contribution in [0.3, 0.4) is 0 Å². The molecule has 1 aromatic carbocycles. The second-order valence-corrected chi connectivity index (χ2v) is 10.5. The van der Waals surface area contributed by atoms with Crippen molar-refractivity contribution < 1.29 is 16.8 Å². The predicted octanol–water partition coefficient (Wildman–Crippen LogP) is -1.68. The van der Waals surface area contributed by atoms with Gasteiger partial charge in [-0.25, -0.2) is 31.8 Å². The number of primary sulfonamides is 1. The van der Waals surface area contributed by atoms with Crippen LogP contribution < -0.4 is 26.2 Å². The number of nitrogens with one attached hydrogen (secondary N) is 2. The lowest BCUT2D eigenvalue weighted by atomic mass is 9.97. The number of piperidine rings is 1. The van der Waals surface area contributed by atoms with Crippen LogP contribution in [-0.4, -0.2) is 70.2 Å². The quantitative estimate of drug-likeness (QED) is 0.260. The van der Waals surface area contributed by atoms with E-state index in [0.717, 1.165) is 12.8 Å². The van der Waals surface area contributed by atoms with Gasteiger partial charge in [0.2, 0.25) is 20.0 Å². The van der Waals surface area contributed by atoms with Gasteiger partial charge in [0, 0.05) is 25.3 Å². The summed E-state index contributed by atoms with van der Waals surface area (Å²) >= 11 is 0. The number of hydrogen-bond donors (Lipinski definition) is 5. The van der Waals surface area contributed by atoms with Crippen LogP contribution in [0.2, 0.25) is 0 Å². The third-order valence-electron chi connectivity index (χ3n) is 5.12. The Balaban J connectivity index is 2.23. The summed E-state index contributed by atoms with van der Waals surface area (Å²) < 4.78 is 53.5. The lowest BCUT2D eigenvalue weighted by Crippen LogP contribution is -2.39. The fourth-order valence-corrected chi connectivity index (χ4v) is 6.34. The topological polar surface area (TPSA) is 216 Å².